The maximum Gasteiger partial charge on any atom is 0.0431 e. The van der Waals surface area contributed by atoms with Crippen LogP contribution in [0.4, 0.5) is 0 Å². The molecule has 0 rings (SSSR count). The first-order valence-corrected chi connectivity index (χ1v) is 6.48. The van der Waals surface area contributed by atoms with Gasteiger partial charge in [0.1, 0.15) is 0 Å². The molecule has 16 heavy (non-hydrogen) atoms. The summed E-state index contributed by atoms with van der Waals surface area (Å²) in [6, 6.07) is 1.11. The summed E-state index contributed by atoms with van der Waals surface area (Å²) in [5.41, 5.74) is 0. The zero-order chi connectivity index (χ0) is 12.6. The van der Waals surface area contributed by atoms with Crippen LogP contribution in [0.5, 0.6) is 0 Å². The Morgan fingerprint density at radius 1 is 1.19 bits per heavy atom. The monoisotopic (exact) mass is 230 g/mol. The van der Waals surface area contributed by atoms with Crippen molar-refractivity contribution in [2.24, 2.45) is 5.92 Å². The summed E-state index contributed by atoms with van der Waals surface area (Å²) in [6.07, 6.45) is 3.18. The average Bonchev–Trinajstić information content (AvgIpc) is 2.20. The number of aliphatic hydroxyl groups is 1. The number of aliphatic hydroxyl groups excluding tert-OH is 1. The number of rotatable bonds is 9. The minimum Gasteiger partial charge on any atom is -0.396 e. The molecule has 2 atom stereocenters. The lowest BCUT2D eigenvalue weighted by atomic mass is 10.0. The lowest BCUT2D eigenvalue weighted by molar-refractivity contribution is 0.235. The van der Waals surface area contributed by atoms with Crippen molar-refractivity contribution in [2.45, 2.75) is 52.1 Å². The third kappa shape index (κ3) is 8.08. The van der Waals surface area contributed by atoms with Crippen molar-refractivity contribution in [3.63, 3.8) is 0 Å². The Kier molecular flexibility index (Phi) is 8.90. The highest BCUT2D eigenvalue weighted by Gasteiger charge is 2.13. The number of nitrogens with zero attached hydrogens (tertiary/aromatic N) is 1. The standard InChI is InChI=1S/C13H30N2O/c1-11(2)9-13(15(4)5)10-14-12(3)7-6-8-16/h11-14,16H,6-10H2,1-5H3. The largest absolute Gasteiger partial charge is 0.396 e. The van der Waals surface area contributed by atoms with Gasteiger partial charge in [-0.05, 0) is 46.2 Å². The highest BCUT2D eigenvalue weighted by molar-refractivity contribution is 4.73. The highest BCUT2D eigenvalue weighted by Crippen LogP contribution is 2.08. The molecule has 0 saturated carbocycles. The molecule has 0 aromatic rings. The predicted octanol–water partition coefficient (Wildman–Crippen LogP) is 1.71. The SMILES string of the molecule is CC(C)CC(CNC(C)CCCO)N(C)C. The van der Waals surface area contributed by atoms with Crippen molar-refractivity contribution in [1.29, 1.82) is 0 Å². The van der Waals surface area contributed by atoms with Crippen molar-refractivity contribution in [3.8, 4) is 0 Å². The Labute approximate surface area is 101 Å². The van der Waals surface area contributed by atoms with Crippen molar-refractivity contribution in [1.82, 2.24) is 10.2 Å². The van der Waals surface area contributed by atoms with E-state index in [9.17, 15) is 0 Å². The van der Waals surface area contributed by atoms with Crippen LogP contribution >= 0.6 is 0 Å². The number of hydrogen-bond donors (Lipinski definition) is 2. The predicted molar refractivity (Wildman–Crippen MR) is 70.7 cm³/mol. The molecule has 0 aliphatic rings. The fourth-order valence-electron chi connectivity index (χ4n) is 1.86. The van der Waals surface area contributed by atoms with Gasteiger partial charge in [-0.15, -0.1) is 0 Å². The van der Waals surface area contributed by atoms with E-state index in [4.69, 9.17) is 5.11 Å². The molecule has 0 aromatic heterocycles. The van der Waals surface area contributed by atoms with Crippen LogP contribution in [0.25, 0.3) is 0 Å². The van der Waals surface area contributed by atoms with E-state index in [2.05, 4.69) is 45.1 Å². The lowest BCUT2D eigenvalue weighted by Gasteiger charge is -2.28. The van der Waals surface area contributed by atoms with Gasteiger partial charge in [-0.3, -0.25) is 0 Å². The summed E-state index contributed by atoms with van der Waals surface area (Å²) < 4.78 is 0. The maximum atomic E-state index is 8.76. The maximum absolute atomic E-state index is 8.76. The Morgan fingerprint density at radius 2 is 1.81 bits per heavy atom. The minimum absolute atomic E-state index is 0.301. The van der Waals surface area contributed by atoms with Crippen LogP contribution in [0.3, 0.4) is 0 Å². The molecule has 0 aliphatic heterocycles. The second kappa shape index (κ2) is 8.97. The zero-order valence-corrected chi connectivity index (χ0v) is 11.7. The van der Waals surface area contributed by atoms with Crippen LogP contribution in [-0.4, -0.2) is 49.3 Å². The van der Waals surface area contributed by atoms with Gasteiger partial charge in [-0.1, -0.05) is 13.8 Å². The first-order chi connectivity index (χ1) is 7.47. The van der Waals surface area contributed by atoms with Gasteiger partial charge in [-0.25, -0.2) is 0 Å². The summed E-state index contributed by atoms with van der Waals surface area (Å²) in [7, 11) is 4.29. The summed E-state index contributed by atoms with van der Waals surface area (Å²) >= 11 is 0. The zero-order valence-electron chi connectivity index (χ0n) is 11.7. The molecular weight excluding hydrogens is 200 g/mol. The molecule has 98 valence electrons. The van der Waals surface area contributed by atoms with E-state index in [-0.39, 0.29) is 0 Å². The van der Waals surface area contributed by atoms with Gasteiger partial charge in [0.25, 0.3) is 0 Å². The highest BCUT2D eigenvalue weighted by atomic mass is 16.2. The van der Waals surface area contributed by atoms with Gasteiger partial charge in [0.05, 0.1) is 0 Å². The molecule has 0 aliphatic carbocycles. The van der Waals surface area contributed by atoms with Crippen molar-refractivity contribution < 1.29 is 5.11 Å². The van der Waals surface area contributed by atoms with Gasteiger partial charge in [0.2, 0.25) is 0 Å². The molecule has 0 spiro atoms. The third-order valence-corrected chi connectivity index (χ3v) is 2.97. The fraction of sp³-hybridized carbons (Fsp3) is 1.00. The molecule has 0 saturated heterocycles. The lowest BCUT2D eigenvalue weighted by Crippen LogP contribution is -2.41. The quantitative estimate of drug-likeness (QED) is 0.633. The van der Waals surface area contributed by atoms with E-state index in [0.717, 1.165) is 25.3 Å². The van der Waals surface area contributed by atoms with Crippen LogP contribution in [-0.2, 0) is 0 Å². The molecule has 0 bridgehead atoms. The summed E-state index contributed by atoms with van der Waals surface area (Å²) in [5, 5.41) is 12.3. The summed E-state index contributed by atoms with van der Waals surface area (Å²) in [4.78, 5) is 2.30. The molecule has 3 heteroatoms. The van der Waals surface area contributed by atoms with Crippen molar-refractivity contribution >= 4 is 0 Å². The Hall–Kier alpha value is -0.120. The van der Waals surface area contributed by atoms with Crippen LogP contribution in [0, 0.1) is 5.92 Å². The first-order valence-electron chi connectivity index (χ1n) is 6.48. The van der Waals surface area contributed by atoms with E-state index in [1.54, 1.807) is 0 Å². The molecule has 0 amide bonds. The van der Waals surface area contributed by atoms with Gasteiger partial charge in [0, 0.05) is 25.2 Å². The number of nitrogens with one attached hydrogen (secondary N) is 1. The van der Waals surface area contributed by atoms with E-state index >= 15 is 0 Å². The van der Waals surface area contributed by atoms with Crippen LogP contribution < -0.4 is 5.32 Å². The van der Waals surface area contributed by atoms with Crippen molar-refractivity contribution in [3.05, 3.63) is 0 Å². The van der Waals surface area contributed by atoms with Gasteiger partial charge in [0.15, 0.2) is 0 Å². The van der Waals surface area contributed by atoms with Gasteiger partial charge in [-0.2, -0.15) is 0 Å². The number of hydrogen-bond acceptors (Lipinski definition) is 3. The normalized spacial score (nSPS) is 15.8. The fourth-order valence-corrected chi connectivity index (χ4v) is 1.86. The Bertz CT molecular complexity index is 160. The molecule has 0 aromatic carbocycles. The smallest absolute Gasteiger partial charge is 0.0431 e. The Balaban J connectivity index is 3.82. The molecular formula is C13H30N2O. The minimum atomic E-state index is 0.301. The average molecular weight is 230 g/mol. The van der Waals surface area contributed by atoms with Crippen LogP contribution in [0.15, 0.2) is 0 Å². The third-order valence-electron chi connectivity index (χ3n) is 2.97. The molecule has 0 fully saturated rings. The van der Waals surface area contributed by atoms with E-state index in [1.807, 2.05) is 0 Å². The van der Waals surface area contributed by atoms with Crippen LogP contribution in [0.2, 0.25) is 0 Å². The molecule has 2 unspecified atom stereocenters. The summed E-state index contributed by atoms with van der Waals surface area (Å²) in [6.45, 7) is 8.07. The van der Waals surface area contributed by atoms with E-state index in [0.29, 0.717) is 18.7 Å². The molecule has 2 N–H and O–H groups in total. The summed E-state index contributed by atoms with van der Waals surface area (Å²) in [5.74, 6) is 0.738. The van der Waals surface area contributed by atoms with E-state index < -0.39 is 0 Å². The number of likely N-dealkylation sites (N-methyl/N-ethyl adjacent to an activating group) is 1. The first kappa shape index (κ1) is 15.9. The van der Waals surface area contributed by atoms with Crippen LogP contribution in [0.1, 0.15) is 40.0 Å². The second-order valence-corrected chi connectivity index (χ2v) is 5.42. The van der Waals surface area contributed by atoms with Crippen molar-refractivity contribution in [2.75, 3.05) is 27.2 Å². The molecule has 0 radical (unpaired) electrons. The van der Waals surface area contributed by atoms with Gasteiger partial charge < -0.3 is 15.3 Å². The topological polar surface area (TPSA) is 35.5 Å². The Morgan fingerprint density at radius 3 is 2.25 bits per heavy atom. The molecule has 3 nitrogen and oxygen atoms in total. The van der Waals surface area contributed by atoms with Gasteiger partial charge >= 0.3 is 0 Å². The van der Waals surface area contributed by atoms with E-state index in [1.165, 1.54) is 6.42 Å². The molecule has 0 heterocycles. The second-order valence-electron chi connectivity index (χ2n) is 5.42.